The van der Waals surface area contributed by atoms with E-state index in [0.717, 1.165) is 18.4 Å². The highest BCUT2D eigenvalue weighted by Crippen LogP contribution is 2.35. The van der Waals surface area contributed by atoms with Gasteiger partial charge in [0.15, 0.2) is 0 Å². The molecule has 1 saturated carbocycles. The quantitative estimate of drug-likeness (QED) is 0.669. The molecule has 1 fully saturated rings. The van der Waals surface area contributed by atoms with Gasteiger partial charge >= 0.3 is 0 Å². The van der Waals surface area contributed by atoms with Crippen molar-refractivity contribution >= 4 is 17.3 Å². The number of nitrogens with zero attached hydrogens (tertiary/aromatic N) is 1. The van der Waals surface area contributed by atoms with E-state index in [-0.39, 0.29) is 16.8 Å². The first-order valence-electron chi connectivity index (χ1n) is 6.29. The number of hydrogen-bond donors (Lipinski definition) is 1. The third kappa shape index (κ3) is 2.82. The van der Waals surface area contributed by atoms with Gasteiger partial charge in [-0.15, -0.1) is 0 Å². The second-order valence-electron chi connectivity index (χ2n) is 4.89. The number of nitro benzene ring substituents is 1. The van der Waals surface area contributed by atoms with Crippen LogP contribution in [0.5, 0.6) is 0 Å². The summed E-state index contributed by atoms with van der Waals surface area (Å²) in [6.45, 7) is 0. The summed E-state index contributed by atoms with van der Waals surface area (Å²) in [4.78, 5) is 10.4. The molecule has 18 heavy (non-hydrogen) atoms. The van der Waals surface area contributed by atoms with Crippen LogP contribution in [0.1, 0.15) is 43.7 Å². The van der Waals surface area contributed by atoms with E-state index in [2.05, 4.69) is 0 Å². The Morgan fingerprint density at radius 3 is 2.61 bits per heavy atom. The van der Waals surface area contributed by atoms with Gasteiger partial charge in [0, 0.05) is 12.1 Å². The summed E-state index contributed by atoms with van der Waals surface area (Å²) in [7, 11) is 0. The minimum absolute atomic E-state index is 0.0552. The molecule has 4 nitrogen and oxygen atoms in total. The molecule has 0 radical (unpaired) electrons. The van der Waals surface area contributed by atoms with Crippen LogP contribution in [0.2, 0.25) is 5.02 Å². The molecule has 0 aromatic heterocycles. The maximum absolute atomic E-state index is 10.9. The zero-order valence-corrected chi connectivity index (χ0v) is 10.9. The SMILES string of the molecule is N[C@@H](c1ccc(Cl)c([N+](=O)[O-])c1)C1CCCCC1. The van der Waals surface area contributed by atoms with Crippen molar-refractivity contribution in [1.82, 2.24) is 0 Å². The van der Waals surface area contributed by atoms with Crippen molar-refractivity contribution in [3.8, 4) is 0 Å². The highest BCUT2D eigenvalue weighted by molar-refractivity contribution is 6.32. The number of benzene rings is 1. The Morgan fingerprint density at radius 1 is 1.33 bits per heavy atom. The standard InChI is InChI=1S/C13H17ClN2O2/c14-11-7-6-10(8-12(11)16(17)18)13(15)9-4-2-1-3-5-9/h6-9,13H,1-5,15H2/t13-/m1/s1. The van der Waals surface area contributed by atoms with Crippen LogP contribution in [0.3, 0.4) is 0 Å². The van der Waals surface area contributed by atoms with Crippen molar-refractivity contribution in [3.05, 3.63) is 38.9 Å². The van der Waals surface area contributed by atoms with Gasteiger partial charge in [-0.2, -0.15) is 0 Å². The molecular weight excluding hydrogens is 252 g/mol. The number of rotatable bonds is 3. The van der Waals surface area contributed by atoms with Crippen molar-refractivity contribution in [2.45, 2.75) is 38.1 Å². The van der Waals surface area contributed by atoms with E-state index >= 15 is 0 Å². The molecule has 5 heteroatoms. The molecule has 1 aliphatic rings. The zero-order chi connectivity index (χ0) is 13.1. The molecule has 1 aromatic carbocycles. The van der Waals surface area contributed by atoms with E-state index in [1.807, 2.05) is 0 Å². The number of nitrogens with two attached hydrogens (primary N) is 1. The molecular formula is C13H17ClN2O2. The molecule has 2 rings (SSSR count). The summed E-state index contributed by atoms with van der Waals surface area (Å²) in [5.41, 5.74) is 6.99. The third-order valence-electron chi connectivity index (χ3n) is 3.71. The Bertz CT molecular complexity index is 445. The molecule has 0 aliphatic heterocycles. The predicted octanol–water partition coefficient (Wildman–Crippen LogP) is 3.83. The molecule has 0 spiro atoms. The molecule has 2 N–H and O–H groups in total. The summed E-state index contributed by atoms with van der Waals surface area (Å²) >= 11 is 5.80. The summed E-state index contributed by atoms with van der Waals surface area (Å²) in [5, 5.41) is 11.0. The van der Waals surface area contributed by atoms with Crippen LogP contribution < -0.4 is 5.73 Å². The van der Waals surface area contributed by atoms with Gasteiger partial charge in [-0.25, -0.2) is 0 Å². The van der Waals surface area contributed by atoms with Crippen LogP contribution in [0.25, 0.3) is 0 Å². The Balaban J connectivity index is 2.21. The van der Waals surface area contributed by atoms with Gasteiger partial charge < -0.3 is 5.73 Å². The minimum atomic E-state index is -0.459. The van der Waals surface area contributed by atoms with Gasteiger partial charge in [0.2, 0.25) is 0 Å². The summed E-state index contributed by atoms with van der Waals surface area (Å²) in [6, 6.07) is 4.76. The maximum Gasteiger partial charge on any atom is 0.288 e. The van der Waals surface area contributed by atoms with Crippen molar-refractivity contribution in [2.24, 2.45) is 11.7 Å². The lowest BCUT2D eigenvalue weighted by molar-refractivity contribution is -0.384. The van der Waals surface area contributed by atoms with E-state index in [4.69, 9.17) is 17.3 Å². The maximum atomic E-state index is 10.9. The highest BCUT2D eigenvalue weighted by atomic mass is 35.5. The van der Waals surface area contributed by atoms with Crippen molar-refractivity contribution in [2.75, 3.05) is 0 Å². The fraction of sp³-hybridized carbons (Fsp3) is 0.538. The zero-order valence-electron chi connectivity index (χ0n) is 10.1. The summed E-state index contributed by atoms with van der Waals surface area (Å²) in [5.74, 6) is 0.430. The van der Waals surface area contributed by atoms with E-state index in [0.29, 0.717) is 5.92 Å². The fourth-order valence-electron chi connectivity index (χ4n) is 2.64. The molecule has 0 unspecified atom stereocenters. The van der Waals surface area contributed by atoms with Crippen LogP contribution in [0.15, 0.2) is 18.2 Å². The van der Waals surface area contributed by atoms with Gasteiger partial charge in [0.1, 0.15) is 5.02 Å². The molecule has 98 valence electrons. The monoisotopic (exact) mass is 268 g/mol. The Morgan fingerprint density at radius 2 is 2.00 bits per heavy atom. The smallest absolute Gasteiger partial charge is 0.288 e. The average molecular weight is 269 g/mol. The lowest BCUT2D eigenvalue weighted by Gasteiger charge is -2.27. The van der Waals surface area contributed by atoms with Gasteiger partial charge in [-0.05, 0) is 30.4 Å². The number of nitro groups is 1. The van der Waals surface area contributed by atoms with Crippen LogP contribution in [0.4, 0.5) is 5.69 Å². The van der Waals surface area contributed by atoms with E-state index < -0.39 is 4.92 Å². The molecule has 0 saturated heterocycles. The second-order valence-corrected chi connectivity index (χ2v) is 5.30. The van der Waals surface area contributed by atoms with E-state index in [1.54, 1.807) is 12.1 Å². The Labute approximate surface area is 111 Å². The van der Waals surface area contributed by atoms with E-state index in [9.17, 15) is 10.1 Å². The molecule has 0 amide bonds. The summed E-state index contributed by atoms with van der Waals surface area (Å²) < 4.78 is 0. The molecule has 0 bridgehead atoms. The largest absolute Gasteiger partial charge is 0.324 e. The van der Waals surface area contributed by atoms with E-state index in [1.165, 1.54) is 25.3 Å². The minimum Gasteiger partial charge on any atom is -0.324 e. The highest BCUT2D eigenvalue weighted by Gasteiger charge is 2.24. The lowest BCUT2D eigenvalue weighted by atomic mass is 9.81. The fourth-order valence-corrected chi connectivity index (χ4v) is 2.83. The molecule has 1 atom stereocenters. The first kappa shape index (κ1) is 13.3. The first-order chi connectivity index (χ1) is 8.59. The van der Waals surface area contributed by atoms with Gasteiger partial charge in [0.25, 0.3) is 5.69 Å². The van der Waals surface area contributed by atoms with Crippen LogP contribution in [0, 0.1) is 16.0 Å². The molecule has 0 heterocycles. The number of hydrogen-bond acceptors (Lipinski definition) is 3. The summed E-state index contributed by atoms with van der Waals surface area (Å²) in [6.07, 6.45) is 5.89. The van der Waals surface area contributed by atoms with Crippen LogP contribution >= 0.6 is 11.6 Å². The topological polar surface area (TPSA) is 69.2 Å². The Hall–Kier alpha value is -1.13. The molecule has 1 aliphatic carbocycles. The second kappa shape index (κ2) is 5.67. The van der Waals surface area contributed by atoms with Gasteiger partial charge in [-0.3, -0.25) is 10.1 Å². The average Bonchev–Trinajstić information content (AvgIpc) is 2.39. The van der Waals surface area contributed by atoms with Crippen molar-refractivity contribution in [3.63, 3.8) is 0 Å². The van der Waals surface area contributed by atoms with Crippen molar-refractivity contribution < 1.29 is 4.92 Å². The molecule has 1 aromatic rings. The Kier molecular flexibility index (Phi) is 4.19. The van der Waals surface area contributed by atoms with Gasteiger partial charge in [-0.1, -0.05) is 36.9 Å². The van der Waals surface area contributed by atoms with Gasteiger partial charge in [0.05, 0.1) is 4.92 Å². The van der Waals surface area contributed by atoms with Crippen molar-refractivity contribution in [1.29, 1.82) is 0 Å². The third-order valence-corrected chi connectivity index (χ3v) is 4.03. The predicted molar refractivity (Wildman–Crippen MR) is 71.6 cm³/mol. The first-order valence-corrected chi connectivity index (χ1v) is 6.67. The normalized spacial score (nSPS) is 18.6. The number of halogens is 1. The lowest BCUT2D eigenvalue weighted by Crippen LogP contribution is -2.23. The van der Waals surface area contributed by atoms with Crippen LogP contribution in [-0.4, -0.2) is 4.92 Å². The van der Waals surface area contributed by atoms with Crippen LogP contribution in [-0.2, 0) is 0 Å².